The molecule has 34 heavy (non-hydrogen) atoms. The van der Waals surface area contributed by atoms with E-state index in [-0.39, 0.29) is 12.0 Å². The third-order valence-electron chi connectivity index (χ3n) is 7.58. The van der Waals surface area contributed by atoms with Gasteiger partial charge in [-0.2, -0.15) is 10.4 Å². The zero-order valence-electron chi connectivity index (χ0n) is 20.2. The Kier molecular flexibility index (Phi) is 6.48. The van der Waals surface area contributed by atoms with Gasteiger partial charge in [0.1, 0.15) is 17.0 Å². The van der Waals surface area contributed by atoms with Crippen molar-refractivity contribution in [1.29, 1.82) is 5.26 Å². The molecule has 1 saturated carbocycles. The Labute approximate surface area is 200 Å². The summed E-state index contributed by atoms with van der Waals surface area (Å²) in [7, 11) is 4.31. The van der Waals surface area contributed by atoms with E-state index in [9.17, 15) is 5.26 Å². The summed E-state index contributed by atoms with van der Waals surface area (Å²) in [6.45, 7) is 4.29. The SMILES string of the molecule is C[C@@H]1COCCN1c1cc(C(C#N)C2CCC(N(C)C)CC2)c2ccnc(-c3ccn[nH]3)c2n1. The molecule has 8 nitrogen and oxygen atoms in total. The van der Waals surface area contributed by atoms with Crippen molar-refractivity contribution in [3.8, 4) is 17.5 Å². The van der Waals surface area contributed by atoms with Crippen molar-refractivity contribution in [3.63, 3.8) is 0 Å². The van der Waals surface area contributed by atoms with Gasteiger partial charge < -0.3 is 14.5 Å². The molecule has 4 heterocycles. The Balaban J connectivity index is 1.62. The summed E-state index contributed by atoms with van der Waals surface area (Å²) in [6.07, 6.45) is 7.93. The molecule has 3 aromatic rings. The van der Waals surface area contributed by atoms with Crippen LogP contribution < -0.4 is 4.90 Å². The molecule has 2 aliphatic rings. The van der Waals surface area contributed by atoms with Crippen LogP contribution in [-0.4, -0.2) is 71.0 Å². The van der Waals surface area contributed by atoms with Crippen molar-refractivity contribution in [2.24, 2.45) is 5.92 Å². The third-order valence-corrected chi connectivity index (χ3v) is 7.58. The molecule has 1 unspecified atom stereocenters. The quantitative estimate of drug-likeness (QED) is 0.617. The number of nitriles is 1. The molecule has 5 rings (SSSR count). The number of anilines is 1. The number of nitrogens with zero attached hydrogens (tertiary/aromatic N) is 6. The lowest BCUT2D eigenvalue weighted by Gasteiger charge is -2.36. The van der Waals surface area contributed by atoms with E-state index in [1.54, 1.807) is 6.20 Å². The second-order valence-corrected chi connectivity index (χ2v) is 9.85. The highest BCUT2D eigenvalue weighted by molar-refractivity contribution is 5.94. The Morgan fingerprint density at radius 2 is 2.03 bits per heavy atom. The second kappa shape index (κ2) is 9.69. The molecule has 2 fully saturated rings. The summed E-state index contributed by atoms with van der Waals surface area (Å²) < 4.78 is 5.68. The largest absolute Gasteiger partial charge is 0.377 e. The summed E-state index contributed by atoms with van der Waals surface area (Å²) >= 11 is 0. The van der Waals surface area contributed by atoms with Crippen molar-refractivity contribution in [2.45, 2.75) is 50.6 Å². The minimum Gasteiger partial charge on any atom is -0.377 e. The van der Waals surface area contributed by atoms with Gasteiger partial charge in [-0.3, -0.25) is 10.1 Å². The van der Waals surface area contributed by atoms with E-state index in [4.69, 9.17) is 9.72 Å². The van der Waals surface area contributed by atoms with Gasteiger partial charge >= 0.3 is 0 Å². The van der Waals surface area contributed by atoms with E-state index < -0.39 is 0 Å². The van der Waals surface area contributed by atoms with Crippen LogP contribution in [0.15, 0.2) is 30.6 Å². The molecule has 1 aliphatic heterocycles. The van der Waals surface area contributed by atoms with Crippen LogP contribution >= 0.6 is 0 Å². The van der Waals surface area contributed by atoms with Crippen LogP contribution in [-0.2, 0) is 4.74 Å². The van der Waals surface area contributed by atoms with Gasteiger partial charge in [-0.05, 0) is 76.4 Å². The average Bonchev–Trinajstić information content (AvgIpc) is 3.39. The predicted octanol–water partition coefficient (Wildman–Crippen LogP) is 3.97. The maximum atomic E-state index is 10.4. The average molecular weight is 460 g/mol. The molecule has 178 valence electrons. The molecule has 1 saturated heterocycles. The number of fused-ring (bicyclic) bond motifs is 1. The molecule has 0 aromatic carbocycles. The van der Waals surface area contributed by atoms with E-state index in [1.165, 1.54) is 0 Å². The number of morpholine rings is 1. The van der Waals surface area contributed by atoms with Crippen molar-refractivity contribution in [3.05, 3.63) is 36.2 Å². The maximum Gasteiger partial charge on any atom is 0.130 e. The van der Waals surface area contributed by atoms with Gasteiger partial charge in [0.25, 0.3) is 0 Å². The first-order chi connectivity index (χ1) is 16.6. The first-order valence-corrected chi connectivity index (χ1v) is 12.3. The smallest absolute Gasteiger partial charge is 0.130 e. The van der Waals surface area contributed by atoms with Crippen LogP contribution in [0.2, 0.25) is 0 Å². The molecular formula is C26H33N7O. The predicted molar refractivity (Wildman–Crippen MR) is 133 cm³/mol. The van der Waals surface area contributed by atoms with Crippen LogP contribution in [0, 0.1) is 17.2 Å². The van der Waals surface area contributed by atoms with E-state index in [1.807, 2.05) is 18.3 Å². The number of aromatic nitrogens is 4. The lowest BCUT2D eigenvalue weighted by Crippen LogP contribution is -2.44. The number of hydrogen-bond acceptors (Lipinski definition) is 7. The van der Waals surface area contributed by atoms with Crippen LogP contribution in [0.25, 0.3) is 22.3 Å². The lowest BCUT2D eigenvalue weighted by atomic mass is 9.75. The highest BCUT2D eigenvalue weighted by Crippen LogP contribution is 2.41. The lowest BCUT2D eigenvalue weighted by molar-refractivity contribution is 0.0985. The highest BCUT2D eigenvalue weighted by atomic mass is 16.5. The van der Waals surface area contributed by atoms with Crippen molar-refractivity contribution >= 4 is 16.7 Å². The molecule has 0 spiro atoms. The maximum absolute atomic E-state index is 10.4. The third kappa shape index (κ3) is 4.26. The van der Waals surface area contributed by atoms with E-state index in [0.29, 0.717) is 25.2 Å². The van der Waals surface area contributed by atoms with E-state index in [2.05, 4.69) is 58.1 Å². The van der Waals surface area contributed by atoms with Crippen LogP contribution in [0.1, 0.15) is 44.1 Å². The number of rotatable bonds is 5. The molecule has 3 aromatic heterocycles. The van der Waals surface area contributed by atoms with Crippen LogP contribution in [0.3, 0.4) is 0 Å². The molecule has 0 bridgehead atoms. The minimum absolute atomic E-state index is 0.180. The molecule has 0 radical (unpaired) electrons. The van der Waals surface area contributed by atoms with Crippen molar-refractivity contribution in [1.82, 2.24) is 25.1 Å². The zero-order valence-corrected chi connectivity index (χ0v) is 20.2. The minimum atomic E-state index is -0.180. The summed E-state index contributed by atoms with van der Waals surface area (Å²) in [5.41, 5.74) is 3.49. The Hall–Kier alpha value is -3.02. The van der Waals surface area contributed by atoms with Crippen LogP contribution in [0.4, 0.5) is 5.82 Å². The summed E-state index contributed by atoms with van der Waals surface area (Å²) in [6, 6.07) is 9.60. The van der Waals surface area contributed by atoms with Gasteiger partial charge in [0.2, 0.25) is 0 Å². The number of aromatic amines is 1. The van der Waals surface area contributed by atoms with Gasteiger partial charge in [0.05, 0.1) is 36.9 Å². The van der Waals surface area contributed by atoms with Gasteiger partial charge in [-0.15, -0.1) is 0 Å². The molecule has 1 N–H and O–H groups in total. The van der Waals surface area contributed by atoms with E-state index in [0.717, 1.165) is 65.9 Å². The fourth-order valence-electron chi connectivity index (χ4n) is 5.60. The summed E-state index contributed by atoms with van der Waals surface area (Å²) in [5, 5.41) is 18.6. The van der Waals surface area contributed by atoms with Crippen LogP contribution in [0.5, 0.6) is 0 Å². The van der Waals surface area contributed by atoms with Crippen molar-refractivity contribution < 1.29 is 4.74 Å². The van der Waals surface area contributed by atoms with Gasteiger partial charge in [-0.25, -0.2) is 4.98 Å². The van der Waals surface area contributed by atoms with Gasteiger partial charge in [0.15, 0.2) is 0 Å². The second-order valence-electron chi connectivity index (χ2n) is 9.85. The Morgan fingerprint density at radius 3 is 2.71 bits per heavy atom. The number of ether oxygens (including phenoxy) is 1. The number of hydrogen-bond donors (Lipinski definition) is 1. The molecule has 0 amide bonds. The summed E-state index contributed by atoms with van der Waals surface area (Å²) in [5.74, 6) is 1.06. The topological polar surface area (TPSA) is 94.0 Å². The number of nitrogens with one attached hydrogen (secondary N) is 1. The summed E-state index contributed by atoms with van der Waals surface area (Å²) in [4.78, 5) is 14.4. The molecule has 8 heteroatoms. The Morgan fingerprint density at radius 1 is 1.21 bits per heavy atom. The first kappa shape index (κ1) is 22.8. The van der Waals surface area contributed by atoms with Crippen molar-refractivity contribution in [2.75, 3.05) is 38.8 Å². The molecule has 2 atom stereocenters. The molecular weight excluding hydrogens is 426 g/mol. The fourth-order valence-corrected chi connectivity index (χ4v) is 5.60. The fraction of sp³-hybridized carbons (Fsp3) is 0.538. The monoisotopic (exact) mass is 459 g/mol. The number of pyridine rings is 2. The Bertz CT molecular complexity index is 1160. The van der Waals surface area contributed by atoms with E-state index >= 15 is 0 Å². The first-order valence-electron chi connectivity index (χ1n) is 12.3. The zero-order chi connectivity index (χ0) is 23.7. The standard InChI is InChI=1S/C26H33N7O/c1-17-16-34-13-12-33(17)24-14-21(22(15-27)18-4-6-19(7-5-18)32(2)3)20-8-10-28-26(25(20)30-24)23-9-11-29-31-23/h8-11,14,17-19,22H,4-7,12-13,16H2,1-3H3,(H,29,31)/t17-,18?,19?,22?/m1/s1. The highest BCUT2D eigenvalue weighted by Gasteiger charge is 2.32. The number of H-pyrrole nitrogens is 1. The van der Waals surface area contributed by atoms with Gasteiger partial charge in [0, 0.05) is 30.4 Å². The normalized spacial score (nSPS) is 24.3. The van der Waals surface area contributed by atoms with Gasteiger partial charge in [-0.1, -0.05) is 0 Å². The molecule has 1 aliphatic carbocycles.